The van der Waals surface area contributed by atoms with Crippen LogP contribution in [0.25, 0.3) is 5.82 Å². The number of hydrogen-bond acceptors (Lipinski definition) is 3. The molecule has 0 aromatic carbocycles. The van der Waals surface area contributed by atoms with Gasteiger partial charge in [-0.3, -0.25) is 9.36 Å². The van der Waals surface area contributed by atoms with E-state index >= 15 is 0 Å². The summed E-state index contributed by atoms with van der Waals surface area (Å²) < 4.78 is 41.7. The Balaban J connectivity index is 2.14. The zero-order valence-corrected chi connectivity index (χ0v) is 16.2. The molecule has 9 heteroatoms. The molecule has 0 spiro atoms. The quantitative estimate of drug-likeness (QED) is 0.846. The van der Waals surface area contributed by atoms with Gasteiger partial charge in [0.1, 0.15) is 17.7 Å². The van der Waals surface area contributed by atoms with E-state index in [2.05, 4.69) is 10.3 Å². The number of allylic oxidation sites excluding steroid dienone is 2. The fourth-order valence-corrected chi connectivity index (χ4v) is 3.80. The van der Waals surface area contributed by atoms with Crippen molar-refractivity contribution in [2.45, 2.75) is 58.2 Å². The van der Waals surface area contributed by atoms with E-state index in [9.17, 15) is 18.0 Å². The molecule has 2 aliphatic rings. The van der Waals surface area contributed by atoms with E-state index in [1.807, 2.05) is 13.8 Å². The number of carbonyl (C=O) groups is 1. The van der Waals surface area contributed by atoms with E-state index in [4.69, 9.17) is 4.99 Å². The van der Waals surface area contributed by atoms with Gasteiger partial charge >= 0.3 is 6.18 Å². The van der Waals surface area contributed by atoms with E-state index < -0.39 is 24.0 Å². The SMILES string of the molecule is C/C=C1/NC(=O)C2(CC(F)(F)F)CCCN2/C1=N/C(=C(\C)CC)n1ccnc1. The lowest BCUT2D eigenvalue weighted by atomic mass is 9.88. The van der Waals surface area contributed by atoms with Crippen LogP contribution in [-0.2, 0) is 4.79 Å². The van der Waals surface area contributed by atoms with Crippen molar-refractivity contribution in [1.29, 1.82) is 0 Å². The maximum absolute atomic E-state index is 13.3. The number of aromatic nitrogens is 2. The van der Waals surface area contributed by atoms with E-state index in [0.29, 0.717) is 30.3 Å². The lowest BCUT2D eigenvalue weighted by molar-refractivity contribution is -0.166. The first-order valence-corrected chi connectivity index (χ1v) is 9.31. The number of aliphatic imine (C=N–C) groups is 1. The molecule has 3 heterocycles. The van der Waals surface area contributed by atoms with Crippen molar-refractivity contribution in [3.63, 3.8) is 0 Å². The van der Waals surface area contributed by atoms with Gasteiger partial charge in [-0.2, -0.15) is 13.2 Å². The summed E-state index contributed by atoms with van der Waals surface area (Å²) in [5.41, 5.74) is -0.270. The van der Waals surface area contributed by atoms with Gasteiger partial charge in [0.05, 0.1) is 12.1 Å². The van der Waals surface area contributed by atoms with Crippen LogP contribution in [0, 0.1) is 0 Å². The van der Waals surface area contributed by atoms with Crippen LogP contribution >= 0.6 is 0 Å². The molecule has 1 aromatic heterocycles. The number of imidazole rings is 1. The Kier molecular flexibility index (Phi) is 5.36. The van der Waals surface area contributed by atoms with Gasteiger partial charge in [-0.1, -0.05) is 13.0 Å². The minimum absolute atomic E-state index is 0.144. The van der Waals surface area contributed by atoms with Crippen LogP contribution < -0.4 is 5.32 Å². The number of amides is 1. The molecule has 1 atom stereocenters. The van der Waals surface area contributed by atoms with Gasteiger partial charge in [-0.25, -0.2) is 9.98 Å². The summed E-state index contributed by atoms with van der Waals surface area (Å²) in [4.78, 5) is 23.0. The molecule has 0 radical (unpaired) electrons. The average Bonchev–Trinajstić information content (AvgIpc) is 3.29. The van der Waals surface area contributed by atoms with Crippen LogP contribution in [0.1, 0.15) is 46.5 Å². The molecule has 152 valence electrons. The molecule has 2 saturated heterocycles. The highest BCUT2D eigenvalue weighted by atomic mass is 19.4. The Morgan fingerprint density at radius 2 is 2.21 bits per heavy atom. The second-order valence-corrected chi connectivity index (χ2v) is 7.10. The Bertz CT molecular complexity index is 838. The Labute approximate surface area is 161 Å². The van der Waals surface area contributed by atoms with E-state index in [1.54, 1.807) is 36.3 Å². The average molecular weight is 395 g/mol. The van der Waals surface area contributed by atoms with Crippen LogP contribution in [0.15, 0.2) is 41.1 Å². The van der Waals surface area contributed by atoms with Gasteiger partial charge in [0.25, 0.3) is 5.91 Å². The molecule has 2 aliphatic heterocycles. The first-order valence-electron chi connectivity index (χ1n) is 9.31. The highest BCUT2D eigenvalue weighted by molar-refractivity contribution is 6.10. The minimum Gasteiger partial charge on any atom is -0.340 e. The molecule has 1 unspecified atom stereocenters. The molecule has 6 nitrogen and oxygen atoms in total. The fraction of sp³-hybridized carbons (Fsp3) is 0.526. The van der Waals surface area contributed by atoms with Gasteiger partial charge in [0, 0.05) is 18.9 Å². The predicted octanol–water partition coefficient (Wildman–Crippen LogP) is 3.70. The third kappa shape index (κ3) is 3.57. The molecule has 0 aliphatic carbocycles. The third-order valence-electron chi connectivity index (χ3n) is 5.31. The maximum Gasteiger partial charge on any atom is 0.391 e. The normalized spacial score (nSPS) is 26.5. The lowest BCUT2D eigenvalue weighted by Gasteiger charge is -2.44. The second-order valence-electron chi connectivity index (χ2n) is 7.10. The van der Waals surface area contributed by atoms with E-state index in [-0.39, 0.29) is 6.42 Å². The van der Waals surface area contributed by atoms with Gasteiger partial charge in [0.15, 0.2) is 5.84 Å². The third-order valence-corrected chi connectivity index (χ3v) is 5.31. The monoisotopic (exact) mass is 395 g/mol. The number of hydrogen-bond donors (Lipinski definition) is 1. The zero-order chi connectivity index (χ0) is 20.5. The lowest BCUT2D eigenvalue weighted by Crippen LogP contribution is -2.64. The summed E-state index contributed by atoms with van der Waals surface area (Å²) in [5, 5.41) is 2.66. The summed E-state index contributed by atoms with van der Waals surface area (Å²) in [6, 6.07) is 0. The van der Waals surface area contributed by atoms with Gasteiger partial charge < -0.3 is 10.2 Å². The minimum atomic E-state index is -4.46. The number of nitrogens with zero attached hydrogens (tertiary/aromatic N) is 4. The highest BCUT2D eigenvalue weighted by Gasteiger charge is 2.57. The molecular weight excluding hydrogens is 371 g/mol. The molecule has 1 amide bonds. The molecule has 2 fully saturated rings. The summed E-state index contributed by atoms with van der Waals surface area (Å²) >= 11 is 0. The van der Waals surface area contributed by atoms with Crippen molar-refractivity contribution < 1.29 is 18.0 Å². The molecule has 28 heavy (non-hydrogen) atoms. The van der Waals surface area contributed by atoms with E-state index in [1.165, 1.54) is 4.90 Å². The first-order chi connectivity index (χ1) is 13.2. The number of halogens is 3. The van der Waals surface area contributed by atoms with Crippen LogP contribution in [-0.4, -0.2) is 44.5 Å². The number of rotatable bonds is 4. The topological polar surface area (TPSA) is 62.5 Å². The van der Waals surface area contributed by atoms with E-state index in [0.717, 1.165) is 12.0 Å². The van der Waals surface area contributed by atoms with Gasteiger partial charge in [0.2, 0.25) is 0 Å². The zero-order valence-electron chi connectivity index (χ0n) is 16.2. The van der Waals surface area contributed by atoms with Crippen molar-refractivity contribution >= 4 is 17.6 Å². The summed E-state index contributed by atoms with van der Waals surface area (Å²) in [5.74, 6) is 0.341. The smallest absolute Gasteiger partial charge is 0.340 e. The highest BCUT2D eigenvalue weighted by Crippen LogP contribution is 2.42. The van der Waals surface area contributed by atoms with Crippen LogP contribution in [0.3, 0.4) is 0 Å². The molecule has 0 bridgehead atoms. The van der Waals surface area contributed by atoms with Crippen molar-refractivity contribution in [2.75, 3.05) is 6.54 Å². The van der Waals surface area contributed by atoms with Gasteiger partial charge in [-0.05, 0) is 38.7 Å². The molecule has 0 saturated carbocycles. The Hall–Kier alpha value is -2.58. The number of fused-ring (bicyclic) bond motifs is 1. The Morgan fingerprint density at radius 1 is 1.46 bits per heavy atom. The predicted molar refractivity (Wildman–Crippen MR) is 100 cm³/mol. The van der Waals surface area contributed by atoms with Crippen LogP contribution in [0.5, 0.6) is 0 Å². The summed E-state index contributed by atoms with van der Waals surface area (Å²) in [7, 11) is 0. The van der Waals surface area contributed by atoms with Crippen LogP contribution in [0.2, 0.25) is 0 Å². The maximum atomic E-state index is 13.3. The molecular formula is C19H24F3N5O. The van der Waals surface area contributed by atoms with Crippen molar-refractivity contribution in [1.82, 2.24) is 19.8 Å². The largest absolute Gasteiger partial charge is 0.391 e. The second kappa shape index (κ2) is 7.44. The summed E-state index contributed by atoms with van der Waals surface area (Å²) in [6.45, 7) is 5.98. The number of piperazine rings is 1. The fourth-order valence-electron chi connectivity index (χ4n) is 3.80. The number of carbonyl (C=O) groups excluding carboxylic acids is 1. The van der Waals surface area contributed by atoms with Crippen molar-refractivity contribution in [3.05, 3.63) is 36.1 Å². The van der Waals surface area contributed by atoms with Crippen molar-refractivity contribution in [3.8, 4) is 0 Å². The van der Waals surface area contributed by atoms with Crippen LogP contribution in [0.4, 0.5) is 13.2 Å². The number of amidine groups is 1. The Morgan fingerprint density at radius 3 is 2.79 bits per heavy atom. The molecule has 3 rings (SSSR count). The first kappa shape index (κ1) is 20.2. The molecule has 1 aromatic rings. The van der Waals surface area contributed by atoms with Crippen molar-refractivity contribution in [2.24, 2.45) is 4.99 Å². The van der Waals surface area contributed by atoms with Gasteiger partial charge in [-0.15, -0.1) is 0 Å². The summed E-state index contributed by atoms with van der Waals surface area (Å²) in [6.07, 6.45) is 2.33. The number of alkyl halides is 3. The standard InChI is InChI=1S/C19H24F3N5O/c1-4-13(3)15(26-10-8-23-12-26)25-16-14(5-2)24-17(28)18(11-19(20,21)22)7-6-9-27(16)18/h5,8,10,12H,4,6-7,9,11H2,1-3H3,(H,24,28)/b14-5+,15-13-,25-16+. The number of nitrogens with one attached hydrogen (secondary N) is 1. The molecule has 1 N–H and O–H groups in total.